The molecule has 3 rings (SSSR count). The fourth-order valence-electron chi connectivity index (χ4n) is 2.61. The molecule has 0 amide bonds. The predicted octanol–water partition coefficient (Wildman–Crippen LogP) is 2.96. The fraction of sp³-hybridized carbons (Fsp3) is 0.467. The fourth-order valence-corrected chi connectivity index (χ4v) is 2.61. The molecule has 1 unspecified atom stereocenters. The van der Waals surface area contributed by atoms with E-state index < -0.39 is 5.60 Å². The Morgan fingerprint density at radius 1 is 1.30 bits per heavy atom. The SMILES string of the molecule is Cc1cc(N)cc(-c2nc(C3(C)CCCO3)no2)c1C. The third-order valence-corrected chi connectivity index (χ3v) is 4.04. The molecule has 2 aromatic rings. The maximum Gasteiger partial charge on any atom is 0.258 e. The molecular formula is C15H19N3O2. The van der Waals surface area contributed by atoms with E-state index in [-0.39, 0.29) is 0 Å². The minimum Gasteiger partial charge on any atom is -0.399 e. The molecule has 0 spiro atoms. The van der Waals surface area contributed by atoms with Crippen molar-refractivity contribution in [2.24, 2.45) is 0 Å². The third-order valence-electron chi connectivity index (χ3n) is 4.04. The van der Waals surface area contributed by atoms with Gasteiger partial charge in [0.25, 0.3) is 5.89 Å². The van der Waals surface area contributed by atoms with Gasteiger partial charge in [0.15, 0.2) is 0 Å². The molecule has 2 heterocycles. The topological polar surface area (TPSA) is 74.2 Å². The molecule has 5 nitrogen and oxygen atoms in total. The molecule has 2 N–H and O–H groups in total. The van der Waals surface area contributed by atoms with E-state index in [0.29, 0.717) is 17.4 Å². The Labute approximate surface area is 118 Å². The molecule has 20 heavy (non-hydrogen) atoms. The molecule has 1 atom stereocenters. The van der Waals surface area contributed by atoms with Gasteiger partial charge in [-0.05, 0) is 56.9 Å². The zero-order valence-electron chi connectivity index (χ0n) is 12.1. The Kier molecular flexibility index (Phi) is 3.01. The van der Waals surface area contributed by atoms with Crippen LogP contribution in [-0.4, -0.2) is 16.7 Å². The second kappa shape index (κ2) is 4.59. The number of nitrogens with two attached hydrogens (primary N) is 1. The van der Waals surface area contributed by atoms with E-state index in [1.165, 1.54) is 0 Å². The molecule has 0 saturated carbocycles. The molecule has 1 fully saturated rings. The summed E-state index contributed by atoms with van der Waals surface area (Å²) in [5.74, 6) is 1.12. The van der Waals surface area contributed by atoms with Crippen LogP contribution in [0, 0.1) is 13.8 Å². The number of hydrogen-bond donors (Lipinski definition) is 1. The number of nitrogens with zero attached hydrogens (tertiary/aromatic N) is 2. The van der Waals surface area contributed by atoms with Gasteiger partial charge in [0.2, 0.25) is 5.82 Å². The number of anilines is 1. The van der Waals surface area contributed by atoms with Crippen LogP contribution in [0.15, 0.2) is 16.7 Å². The van der Waals surface area contributed by atoms with Crippen LogP contribution in [0.2, 0.25) is 0 Å². The van der Waals surface area contributed by atoms with Gasteiger partial charge in [-0.3, -0.25) is 0 Å². The molecule has 1 aromatic carbocycles. The van der Waals surface area contributed by atoms with Crippen molar-refractivity contribution in [2.75, 3.05) is 12.3 Å². The number of nitrogen functional groups attached to an aromatic ring is 1. The molecular weight excluding hydrogens is 254 g/mol. The van der Waals surface area contributed by atoms with Crippen molar-refractivity contribution in [3.05, 3.63) is 29.1 Å². The Hall–Kier alpha value is -1.88. The van der Waals surface area contributed by atoms with E-state index in [4.69, 9.17) is 15.0 Å². The first-order chi connectivity index (χ1) is 9.49. The van der Waals surface area contributed by atoms with Crippen molar-refractivity contribution in [3.63, 3.8) is 0 Å². The van der Waals surface area contributed by atoms with Crippen LogP contribution in [0.25, 0.3) is 11.5 Å². The van der Waals surface area contributed by atoms with E-state index in [2.05, 4.69) is 10.1 Å². The van der Waals surface area contributed by atoms with Crippen molar-refractivity contribution in [1.82, 2.24) is 10.1 Å². The van der Waals surface area contributed by atoms with E-state index in [9.17, 15) is 0 Å². The van der Waals surface area contributed by atoms with Crippen molar-refractivity contribution in [3.8, 4) is 11.5 Å². The lowest BCUT2D eigenvalue weighted by Gasteiger charge is -2.17. The van der Waals surface area contributed by atoms with Crippen LogP contribution in [-0.2, 0) is 10.3 Å². The van der Waals surface area contributed by atoms with Gasteiger partial charge in [0.05, 0.1) is 0 Å². The average molecular weight is 273 g/mol. The van der Waals surface area contributed by atoms with Crippen LogP contribution in [0.4, 0.5) is 5.69 Å². The third kappa shape index (κ3) is 2.08. The number of aromatic nitrogens is 2. The highest BCUT2D eigenvalue weighted by Gasteiger charge is 2.36. The molecule has 106 valence electrons. The van der Waals surface area contributed by atoms with Crippen molar-refractivity contribution in [1.29, 1.82) is 0 Å². The number of hydrogen-bond acceptors (Lipinski definition) is 5. The maximum atomic E-state index is 5.91. The summed E-state index contributed by atoms with van der Waals surface area (Å²) in [6.45, 7) is 6.80. The summed E-state index contributed by atoms with van der Waals surface area (Å²) in [7, 11) is 0. The Balaban J connectivity index is 2.02. The minimum atomic E-state index is -0.426. The first-order valence-corrected chi connectivity index (χ1v) is 6.85. The van der Waals surface area contributed by atoms with Crippen molar-refractivity contribution in [2.45, 2.75) is 39.2 Å². The quantitative estimate of drug-likeness (QED) is 0.851. The standard InChI is InChI=1S/C15H19N3O2/c1-9-7-11(16)8-12(10(9)2)13-17-14(18-20-13)15(3)5-4-6-19-15/h7-8H,4-6,16H2,1-3H3. The first-order valence-electron chi connectivity index (χ1n) is 6.85. The van der Waals surface area contributed by atoms with E-state index in [1.807, 2.05) is 32.9 Å². The molecule has 1 saturated heterocycles. The summed E-state index contributed by atoms with van der Waals surface area (Å²) in [6.07, 6.45) is 1.94. The van der Waals surface area contributed by atoms with Crippen LogP contribution in [0.5, 0.6) is 0 Å². The normalized spacial score (nSPS) is 22.4. The summed E-state index contributed by atoms with van der Waals surface area (Å²) >= 11 is 0. The summed E-state index contributed by atoms with van der Waals surface area (Å²) in [5, 5.41) is 4.09. The lowest BCUT2D eigenvalue weighted by Crippen LogP contribution is -2.21. The predicted molar refractivity (Wildman–Crippen MR) is 76.2 cm³/mol. The highest BCUT2D eigenvalue weighted by molar-refractivity contribution is 5.66. The zero-order chi connectivity index (χ0) is 14.3. The van der Waals surface area contributed by atoms with Gasteiger partial charge in [-0.25, -0.2) is 0 Å². The molecule has 1 aromatic heterocycles. The first kappa shape index (κ1) is 13.1. The monoisotopic (exact) mass is 273 g/mol. The number of benzene rings is 1. The Morgan fingerprint density at radius 3 is 2.80 bits per heavy atom. The van der Waals surface area contributed by atoms with Crippen molar-refractivity contribution >= 4 is 5.69 Å². The molecule has 0 aliphatic carbocycles. The highest BCUT2D eigenvalue weighted by atomic mass is 16.5. The molecule has 5 heteroatoms. The number of ether oxygens (including phenoxy) is 1. The van der Waals surface area contributed by atoms with E-state index in [0.717, 1.165) is 36.1 Å². The van der Waals surface area contributed by atoms with Gasteiger partial charge in [-0.1, -0.05) is 5.16 Å². The van der Waals surface area contributed by atoms with E-state index in [1.54, 1.807) is 0 Å². The summed E-state index contributed by atoms with van der Waals surface area (Å²) in [6, 6.07) is 3.81. The molecule has 0 radical (unpaired) electrons. The van der Waals surface area contributed by atoms with Gasteiger partial charge in [0.1, 0.15) is 5.60 Å². The number of aryl methyl sites for hydroxylation is 1. The van der Waals surface area contributed by atoms with Crippen molar-refractivity contribution < 1.29 is 9.26 Å². The summed E-state index contributed by atoms with van der Waals surface area (Å²) in [4.78, 5) is 4.52. The average Bonchev–Trinajstić information content (AvgIpc) is 3.03. The van der Waals surface area contributed by atoms with Gasteiger partial charge in [-0.2, -0.15) is 4.98 Å². The van der Waals surface area contributed by atoms with Crippen LogP contribution in [0.1, 0.15) is 36.7 Å². The number of rotatable bonds is 2. The summed E-state index contributed by atoms with van der Waals surface area (Å²) in [5.41, 5.74) is 9.29. The molecule has 1 aliphatic heterocycles. The maximum absolute atomic E-state index is 5.91. The Morgan fingerprint density at radius 2 is 2.10 bits per heavy atom. The summed E-state index contributed by atoms with van der Waals surface area (Å²) < 4.78 is 11.2. The van der Waals surface area contributed by atoms with E-state index >= 15 is 0 Å². The van der Waals surface area contributed by atoms with Gasteiger partial charge in [-0.15, -0.1) is 0 Å². The second-order valence-electron chi connectivity index (χ2n) is 5.62. The van der Waals surface area contributed by atoms with Gasteiger partial charge < -0.3 is 15.0 Å². The minimum absolute atomic E-state index is 0.426. The lowest BCUT2D eigenvalue weighted by atomic mass is 10.0. The van der Waals surface area contributed by atoms with Crippen LogP contribution >= 0.6 is 0 Å². The molecule has 1 aliphatic rings. The van der Waals surface area contributed by atoms with Crippen LogP contribution < -0.4 is 5.73 Å². The van der Waals surface area contributed by atoms with Gasteiger partial charge >= 0.3 is 0 Å². The largest absolute Gasteiger partial charge is 0.399 e. The Bertz CT molecular complexity index is 643. The smallest absolute Gasteiger partial charge is 0.258 e. The molecule has 0 bridgehead atoms. The lowest BCUT2D eigenvalue weighted by molar-refractivity contribution is 0.00768. The van der Waals surface area contributed by atoms with Crippen LogP contribution in [0.3, 0.4) is 0 Å². The highest BCUT2D eigenvalue weighted by Crippen LogP contribution is 2.35. The van der Waals surface area contributed by atoms with Gasteiger partial charge in [0, 0.05) is 17.9 Å². The second-order valence-corrected chi connectivity index (χ2v) is 5.62. The zero-order valence-corrected chi connectivity index (χ0v) is 12.1.